The summed E-state index contributed by atoms with van der Waals surface area (Å²) in [5.41, 5.74) is 1.35. The summed E-state index contributed by atoms with van der Waals surface area (Å²) in [6.07, 6.45) is 0.0229. The Kier molecular flexibility index (Phi) is 5.74. The first kappa shape index (κ1) is 15.1. The number of nitrogens with zero attached hydrogens (tertiary/aromatic N) is 1. The van der Waals surface area contributed by atoms with Crippen LogP contribution in [0, 0.1) is 10.1 Å². The topological polar surface area (TPSA) is 69.4 Å². The van der Waals surface area contributed by atoms with Crippen molar-refractivity contribution in [2.45, 2.75) is 18.7 Å². The lowest BCUT2D eigenvalue weighted by atomic mass is 10.0. The van der Waals surface area contributed by atoms with Crippen LogP contribution in [0.5, 0.6) is 0 Å². The fraction of sp³-hybridized carbons (Fsp3) is 0.364. The molecule has 1 rings (SSSR count). The van der Waals surface area contributed by atoms with Crippen molar-refractivity contribution < 1.29 is 14.5 Å². The van der Waals surface area contributed by atoms with E-state index in [2.05, 4.69) is 31.9 Å². The van der Waals surface area contributed by atoms with Crippen LogP contribution in [-0.4, -0.2) is 17.5 Å². The molecule has 98 valence electrons. The molecule has 0 aliphatic rings. The number of benzene rings is 1. The molecule has 0 radical (unpaired) electrons. The fourth-order valence-electron chi connectivity index (χ4n) is 1.46. The minimum absolute atomic E-state index is 0.0229. The lowest BCUT2D eigenvalue weighted by Crippen LogP contribution is -2.09. The van der Waals surface area contributed by atoms with Gasteiger partial charge >= 0.3 is 5.97 Å². The number of nitro groups is 1. The van der Waals surface area contributed by atoms with Crippen molar-refractivity contribution in [1.82, 2.24) is 0 Å². The average molecular weight is 381 g/mol. The van der Waals surface area contributed by atoms with E-state index in [9.17, 15) is 14.9 Å². The highest BCUT2D eigenvalue weighted by Crippen LogP contribution is 2.29. The SMILES string of the molecule is CCOC(=O)Cc1cc([N+](=O)[O-])cc(Br)c1CBr. The second-order valence-corrected chi connectivity index (χ2v) is 4.85. The molecule has 0 saturated heterocycles. The lowest BCUT2D eigenvalue weighted by molar-refractivity contribution is -0.385. The maximum absolute atomic E-state index is 11.5. The van der Waals surface area contributed by atoms with Crippen LogP contribution in [0.15, 0.2) is 16.6 Å². The fourth-order valence-corrected chi connectivity index (χ4v) is 3.13. The molecule has 0 spiro atoms. The van der Waals surface area contributed by atoms with Crippen molar-refractivity contribution >= 4 is 43.5 Å². The molecule has 1 aromatic rings. The summed E-state index contributed by atoms with van der Waals surface area (Å²) in [4.78, 5) is 21.7. The molecular formula is C11H11Br2NO4. The van der Waals surface area contributed by atoms with Gasteiger partial charge in [-0.3, -0.25) is 14.9 Å². The number of alkyl halides is 1. The van der Waals surface area contributed by atoms with Crippen molar-refractivity contribution in [2.75, 3.05) is 6.61 Å². The van der Waals surface area contributed by atoms with Gasteiger partial charge in [-0.1, -0.05) is 31.9 Å². The second kappa shape index (κ2) is 6.84. The number of halogens is 2. The largest absolute Gasteiger partial charge is 0.466 e. The second-order valence-electron chi connectivity index (χ2n) is 3.44. The zero-order valence-electron chi connectivity index (χ0n) is 9.61. The smallest absolute Gasteiger partial charge is 0.310 e. The summed E-state index contributed by atoms with van der Waals surface area (Å²) in [6, 6.07) is 2.82. The van der Waals surface area contributed by atoms with E-state index in [0.717, 1.165) is 5.56 Å². The third-order valence-corrected chi connectivity index (χ3v) is 3.53. The Morgan fingerprint density at radius 1 is 1.50 bits per heavy atom. The summed E-state index contributed by atoms with van der Waals surface area (Å²) >= 11 is 6.57. The summed E-state index contributed by atoms with van der Waals surface area (Å²) in [6.45, 7) is 2.01. The minimum Gasteiger partial charge on any atom is -0.466 e. The number of carbonyl (C=O) groups is 1. The molecule has 0 fully saturated rings. The predicted octanol–water partition coefficient (Wildman–Crippen LogP) is 3.36. The zero-order valence-corrected chi connectivity index (χ0v) is 12.8. The zero-order chi connectivity index (χ0) is 13.7. The van der Waals surface area contributed by atoms with Crippen molar-refractivity contribution in [3.8, 4) is 0 Å². The van der Waals surface area contributed by atoms with Crippen molar-refractivity contribution in [2.24, 2.45) is 0 Å². The first-order chi connectivity index (χ1) is 8.49. The molecule has 0 amide bonds. The van der Waals surface area contributed by atoms with E-state index in [1.54, 1.807) is 6.92 Å². The number of nitro benzene ring substituents is 1. The molecule has 7 heteroatoms. The van der Waals surface area contributed by atoms with E-state index < -0.39 is 10.9 Å². The van der Waals surface area contributed by atoms with Gasteiger partial charge in [-0.15, -0.1) is 0 Å². The molecule has 0 atom stereocenters. The Balaban J connectivity index is 3.14. The van der Waals surface area contributed by atoms with Gasteiger partial charge in [0.15, 0.2) is 0 Å². The third-order valence-electron chi connectivity index (χ3n) is 2.26. The molecule has 0 aliphatic heterocycles. The Morgan fingerprint density at radius 2 is 2.17 bits per heavy atom. The standard InChI is InChI=1S/C11H11Br2NO4/c1-2-18-11(15)4-7-3-8(14(16)17)5-10(13)9(7)6-12/h3,5H,2,4,6H2,1H3. The van der Waals surface area contributed by atoms with Gasteiger partial charge in [-0.05, 0) is 18.1 Å². The highest BCUT2D eigenvalue weighted by atomic mass is 79.9. The normalized spacial score (nSPS) is 10.2. The highest BCUT2D eigenvalue weighted by Gasteiger charge is 2.17. The molecule has 0 saturated carbocycles. The molecular weight excluding hydrogens is 370 g/mol. The average Bonchev–Trinajstić information content (AvgIpc) is 2.28. The van der Waals surface area contributed by atoms with E-state index >= 15 is 0 Å². The Hall–Kier alpha value is -0.950. The van der Waals surface area contributed by atoms with Crippen LogP contribution in [-0.2, 0) is 21.3 Å². The van der Waals surface area contributed by atoms with Crippen LogP contribution < -0.4 is 0 Å². The number of ether oxygens (including phenoxy) is 1. The predicted molar refractivity (Wildman–Crippen MR) is 73.8 cm³/mol. The lowest BCUT2D eigenvalue weighted by Gasteiger charge is -2.09. The summed E-state index contributed by atoms with van der Waals surface area (Å²) < 4.78 is 5.45. The van der Waals surface area contributed by atoms with Gasteiger partial charge in [0.25, 0.3) is 5.69 Å². The number of non-ortho nitro benzene ring substituents is 1. The summed E-state index contributed by atoms with van der Waals surface area (Å²) in [5.74, 6) is -0.396. The van der Waals surface area contributed by atoms with Crippen LogP contribution >= 0.6 is 31.9 Å². The maximum atomic E-state index is 11.5. The molecule has 1 aromatic carbocycles. The number of carbonyl (C=O) groups excluding carboxylic acids is 1. The Labute approximate surface area is 121 Å². The van der Waals surface area contributed by atoms with Gasteiger partial charge in [0, 0.05) is 21.9 Å². The molecule has 0 unspecified atom stereocenters. The van der Waals surface area contributed by atoms with E-state index in [-0.39, 0.29) is 12.1 Å². The van der Waals surface area contributed by atoms with E-state index in [0.29, 0.717) is 22.0 Å². The quantitative estimate of drug-likeness (QED) is 0.340. The van der Waals surface area contributed by atoms with Crippen molar-refractivity contribution in [1.29, 1.82) is 0 Å². The van der Waals surface area contributed by atoms with Gasteiger partial charge in [0.2, 0.25) is 0 Å². The molecule has 5 nitrogen and oxygen atoms in total. The molecule has 0 aromatic heterocycles. The Bertz CT molecular complexity index is 476. The Morgan fingerprint density at radius 3 is 2.67 bits per heavy atom. The minimum atomic E-state index is -0.489. The van der Waals surface area contributed by atoms with Gasteiger partial charge < -0.3 is 4.74 Å². The van der Waals surface area contributed by atoms with Crippen molar-refractivity contribution in [3.63, 3.8) is 0 Å². The highest BCUT2D eigenvalue weighted by molar-refractivity contribution is 9.10. The molecule has 0 heterocycles. The number of rotatable bonds is 5. The molecule has 0 bridgehead atoms. The van der Waals surface area contributed by atoms with E-state index in [1.807, 2.05) is 0 Å². The molecule has 18 heavy (non-hydrogen) atoms. The van der Waals surface area contributed by atoms with Crippen LogP contribution in [0.25, 0.3) is 0 Å². The number of esters is 1. The molecule has 0 N–H and O–H groups in total. The third kappa shape index (κ3) is 3.78. The first-order valence-corrected chi connectivity index (χ1v) is 7.08. The van der Waals surface area contributed by atoms with E-state index in [1.165, 1.54) is 12.1 Å². The van der Waals surface area contributed by atoms with Gasteiger partial charge in [-0.25, -0.2) is 0 Å². The van der Waals surface area contributed by atoms with Crippen LogP contribution in [0.2, 0.25) is 0 Å². The number of hydrogen-bond donors (Lipinski definition) is 0. The van der Waals surface area contributed by atoms with Gasteiger partial charge in [-0.2, -0.15) is 0 Å². The first-order valence-electron chi connectivity index (χ1n) is 5.16. The van der Waals surface area contributed by atoms with Crippen LogP contribution in [0.1, 0.15) is 18.1 Å². The van der Waals surface area contributed by atoms with Crippen LogP contribution in [0.4, 0.5) is 5.69 Å². The number of hydrogen-bond acceptors (Lipinski definition) is 4. The molecule has 0 aliphatic carbocycles. The van der Waals surface area contributed by atoms with E-state index in [4.69, 9.17) is 4.74 Å². The maximum Gasteiger partial charge on any atom is 0.310 e. The summed E-state index contributed by atoms with van der Waals surface area (Å²) in [7, 11) is 0. The van der Waals surface area contributed by atoms with Gasteiger partial charge in [0.1, 0.15) is 0 Å². The summed E-state index contributed by atoms with van der Waals surface area (Å²) in [5, 5.41) is 11.3. The van der Waals surface area contributed by atoms with Gasteiger partial charge in [0.05, 0.1) is 18.0 Å². The van der Waals surface area contributed by atoms with Crippen molar-refractivity contribution in [3.05, 3.63) is 37.8 Å². The monoisotopic (exact) mass is 379 g/mol. The van der Waals surface area contributed by atoms with Crippen LogP contribution in [0.3, 0.4) is 0 Å².